The van der Waals surface area contributed by atoms with Gasteiger partial charge in [-0.05, 0) is 47.3 Å². The monoisotopic (exact) mass is 298 g/mol. The van der Waals surface area contributed by atoms with E-state index >= 15 is 0 Å². The molecular weight excluding hydrogens is 284 g/mol. The third-order valence-electron chi connectivity index (χ3n) is 3.21. The van der Waals surface area contributed by atoms with E-state index in [1.54, 1.807) is 19.4 Å². The molecule has 2 rings (SSSR count). The Kier molecular flexibility index (Phi) is 3.79. The molecule has 92 valence electrons. The Morgan fingerprint density at radius 3 is 2.94 bits per heavy atom. The van der Waals surface area contributed by atoms with Gasteiger partial charge in [-0.25, -0.2) is 4.98 Å². The molecular formula is C12H15BrN2O2. The molecule has 17 heavy (non-hydrogen) atoms. The summed E-state index contributed by atoms with van der Waals surface area (Å²) in [5.74, 6) is -0.0275. The predicted molar refractivity (Wildman–Crippen MR) is 68.8 cm³/mol. The van der Waals surface area contributed by atoms with Crippen molar-refractivity contribution in [2.24, 2.45) is 0 Å². The van der Waals surface area contributed by atoms with Crippen LogP contribution in [0.25, 0.3) is 0 Å². The zero-order chi connectivity index (χ0) is 12.3. The minimum atomic E-state index is -0.237. The van der Waals surface area contributed by atoms with Crippen LogP contribution in [-0.2, 0) is 9.53 Å². The molecule has 4 nitrogen and oxygen atoms in total. The molecule has 1 aliphatic carbocycles. The summed E-state index contributed by atoms with van der Waals surface area (Å²) in [5, 5.41) is 2.84. The summed E-state index contributed by atoms with van der Waals surface area (Å²) in [6, 6.07) is 3.60. The quantitative estimate of drug-likeness (QED) is 0.870. The third-order valence-corrected chi connectivity index (χ3v) is 3.85. The summed E-state index contributed by atoms with van der Waals surface area (Å²) < 4.78 is 6.07. The molecule has 0 aliphatic heterocycles. The van der Waals surface area contributed by atoms with Gasteiger partial charge in [0.1, 0.15) is 4.60 Å². The smallest absolute Gasteiger partial charge is 0.227 e. The standard InChI is InChI=1S/C12H15BrN2O2/c1-17-12(5-3-6-12)8-10(16)15-9-4-2-7-14-11(9)13/h2,4,7H,3,5-6,8H2,1H3,(H,15,16). The predicted octanol–water partition coefficient (Wildman–Crippen LogP) is 2.74. The summed E-state index contributed by atoms with van der Waals surface area (Å²) in [6.45, 7) is 0. The first-order chi connectivity index (χ1) is 8.15. The van der Waals surface area contributed by atoms with Crippen LogP contribution < -0.4 is 5.32 Å². The van der Waals surface area contributed by atoms with Crippen LogP contribution in [0.1, 0.15) is 25.7 Å². The third kappa shape index (κ3) is 2.84. The van der Waals surface area contributed by atoms with Crippen molar-refractivity contribution >= 4 is 27.5 Å². The van der Waals surface area contributed by atoms with Crippen molar-refractivity contribution in [1.29, 1.82) is 0 Å². The molecule has 1 aromatic heterocycles. The highest BCUT2D eigenvalue weighted by Crippen LogP contribution is 2.38. The Labute approximate surface area is 109 Å². The van der Waals surface area contributed by atoms with Crippen LogP contribution in [0, 0.1) is 0 Å². The number of hydrogen-bond acceptors (Lipinski definition) is 3. The van der Waals surface area contributed by atoms with Crippen LogP contribution in [0.15, 0.2) is 22.9 Å². The van der Waals surface area contributed by atoms with Gasteiger partial charge < -0.3 is 10.1 Å². The molecule has 1 saturated carbocycles. The van der Waals surface area contributed by atoms with Crippen LogP contribution in [0.3, 0.4) is 0 Å². The topological polar surface area (TPSA) is 51.2 Å². The second-order valence-corrected chi connectivity index (χ2v) is 5.06. The van der Waals surface area contributed by atoms with Crippen LogP contribution in [-0.4, -0.2) is 23.6 Å². The van der Waals surface area contributed by atoms with E-state index in [4.69, 9.17) is 4.74 Å². The fraction of sp³-hybridized carbons (Fsp3) is 0.500. The van der Waals surface area contributed by atoms with Gasteiger partial charge in [0, 0.05) is 13.3 Å². The molecule has 5 heteroatoms. The fourth-order valence-electron chi connectivity index (χ4n) is 1.99. The normalized spacial score (nSPS) is 17.3. The van der Waals surface area contributed by atoms with Gasteiger partial charge in [-0.1, -0.05) is 0 Å². The average molecular weight is 299 g/mol. The van der Waals surface area contributed by atoms with E-state index in [0.717, 1.165) is 19.3 Å². The maximum Gasteiger partial charge on any atom is 0.227 e. The van der Waals surface area contributed by atoms with E-state index < -0.39 is 0 Å². The van der Waals surface area contributed by atoms with E-state index in [9.17, 15) is 4.79 Å². The van der Waals surface area contributed by atoms with Gasteiger partial charge in [-0.15, -0.1) is 0 Å². The highest BCUT2D eigenvalue weighted by molar-refractivity contribution is 9.10. The van der Waals surface area contributed by atoms with E-state index in [2.05, 4.69) is 26.2 Å². The van der Waals surface area contributed by atoms with Gasteiger partial charge in [0.25, 0.3) is 0 Å². The molecule has 0 radical (unpaired) electrons. The summed E-state index contributed by atoms with van der Waals surface area (Å²) in [5.41, 5.74) is 0.460. The number of rotatable bonds is 4. The lowest BCUT2D eigenvalue weighted by Gasteiger charge is -2.39. The number of anilines is 1. The van der Waals surface area contributed by atoms with Crippen molar-refractivity contribution in [3.63, 3.8) is 0 Å². The first-order valence-electron chi connectivity index (χ1n) is 5.61. The Morgan fingerprint density at radius 1 is 1.65 bits per heavy atom. The number of pyridine rings is 1. The van der Waals surface area contributed by atoms with Crippen LogP contribution in [0.2, 0.25) is 0 Å². The van der Waals surface area contributed by atoms with Gasteiger partial charge in [0.05, 0.1) is 17.7 Å². The maximum atomic E-state index is 11.9. The highest BCUT2D eigenvalue weighted by atomic mass is 79.9. The summed E-state index contributed by atoms with van der Waals surface area (Å²) in [4.78, 5) is 15.9. The van der Waals surface area contributed by atoms with Gasteiger partial charge >= 0.3 is 0 Å². The number of amides is 1. The van der Waals surface area contributed by atoms with Crippen molar-refractivity contribution in [3.05, 3.63) is 22.9 Å². The Bertz CT molecular complexity index is 413. The van der Waals surface area contributed by atoms with Gasteiger partial charge in [0.2, 0.25) is 5.91 Å². The summed E-state index contributed by atoms with van der Waals surface area (Å²) in [7, 11) is 1.67. The van der Waals surface area contributed by atoms with Crippen molar-refractivity contribution < 1.29 is 9.53 Å². The Balaban J connectivity index is 1.96. The molecule has 0 unspecified atom stereocenters. The number of aromatic nitrogens is 1. The number of hydrogen-bond donors (Lipinski definition) is 1. The largest absolute Gasteiger partial charge is 0.378 e. The lowest BCUT2D eigenvalue weighted by molar-refractivity contribution is -0.129. The lowest BCUT2D eigenvalue weighted by atomic mass is 9.77. The molecule has 1 aliphatic rings. The Hall–Kier alpha value is -0.940. The average Bonchev–Trinajstić information content (AvgIpc) is 2.27. The molecule has 0 atom stereocenters. The number of carbonyl (C=O) groups is 1. The number of methoxy groups -OCH3 is 1. The second-order valence-electron chi connectivity index (χ2n) is 4.31. The van der Waals surface area contributed by atoms with Gasteiger partial charge in [0.15, 0.2) is 0 Å². The Morgan fingerprint density at radius 2 is 2.41 bits per heavy atom. The zero-order valence-corrected chi connectivity index (χ0v) is 11.3. The molecule has 1 aromatic rings. The summed E-state index contributed by atoms with van der Waals surface area (Å²) in [6.07, 6.45) is 5.14. The number of halogens is 1. The zero-order valence-electron chi connectivity index (χ0n) is 9.70. The van der Waals surface area contributed by atoms with Crippen LogP contribution >= 0.6 is 15.9 Å². The molecule has 0 bridgehead atoms. The molecule has 1 amide bonds. The number of nitrogens with zero attached hydrogens (tertiary/aromatic N) is 1. The SMILES string of the molecule is COC1(CC(=O)Nc2cccnc2Br)CCC1. The second kappa shape index (κ2) is 5.14. The molecule has 0 aromatic carbocycles. The maximum absolute atomic E-state index is 11.9. The molecule has 1 fully saturated rings. The van der Waals surface area contributed by atoms with E-state index in [0.29, 0.717) is 16.7 Å². The summed E-state index contributed by atoms with van der Waals surface area (Å²) >= 11 is 3.30. The number of ether oxygens (including phenoxy) is 1. The molecule has 0 spiro atoms. The van der Waals surface area contributed by atoms with Crippen molar-refractivity contribution in [3.8, 4) is 0 Å². The first kappa shape index (κ1) is 12.5. The van der Waals surface area contributed by atoms with E-state index in [-0.39, 0.29) is 11.5 Å². The molecule has 0 saturated heterocycles. The van der Waals surface area contributed by atoms with E-state index in [1.807, 2.05) is 6.07 Å². The van der Waals surface area contributed by atoms with Crippen molar-refractivity contribution in [2.45, 2.75) is 31.3 Å². The molecule has 1 N–H and O–H groups in total. The van der Waals surface area contributed by atoms with Crippen molar-refractivity contribution in [1.82, 2.24) is 4.98 Å². The minimum absolute atomic E-state index is 0.0275. The lowest BCUT2D eigenvalue weighted by Crippen LogP contribution is -2.42. The minimum Gasteiger partial charge on any atom is -0.378 e. The van der Waals surface area contributed by atoms with Gasteiger partial charge in [-0.3, -0.25) is 4.79 Å². The first-order valence-corrected chi connectivity index (χ1v) is 6.40. The van der Waals surface area contributed by atoms with Crippen molar-refractivity contribution in [2.75, 3.05) is 12.4 Å². The van der Waals surface area contributed by atoms with Crippen LogP contribution in [0.4, 0.5) is 5.69 Å². The van der Waals surface area contributed by atoms with Gasteiger partial charge in [-0.2, -0.15) is 0 Å². The molecule has 1 heterocycles. The van der Waals surface area contributed by atoms with E-state index in [1.165, 1.54) is 0 Å². The highest BCUT2D eigenvalue weighted by Gasteiger charge is 2.39. The number of nitrogens with one attached hydrogen (secondary N) is 1. The van der Waals surface area contributed by atoms with Crippen LogP contribution in [0.5, 0.6) is 0 Å². The number of carbonyl (C=O) groups excluding carboxylic acids is 1. The fourth-order valence-corrected chi connectivity index (χ4v) is 2.34.